The van der Waals surface area contributed by atoms with Crippen molar-refractivity contribution in [3.05, 3.63) is 71.3 Å². The lowest BCUT2D eigenvalue weighted by atomic mass is 9.84. The Kier molecular flexibility index (Phi) is 5.30. The normalized spacial score (nSPS) is 23.8. The summed E-state index contributed by atoms with van der Waals surface area (Å²) in [5, 5.41) is 2.68. The Balaban J connectivity index is 0.00000196. The molecule has 2 unspecified atom stereocenters. The number of carbonyl (C=O) groups is 1. The minimum absolute atomic E-state index is 0. The molecule has 3 nitrogen and oxygen atoms in total. The highest BCUT2D eigenvalue weighted by atomic mass is 35.5. The summed E-state index contributed by atoms with van der Waals surface area (Å²) in [5.74, 6) is -2.96. The maximum atomic E-state index is 13.5. The minimum Gasteiger partial charge on any atom is -0.336 e. The van der Waals surface area contributed by atoms with Crippen LogP contribution in [0.1, 0.15) is 29.0 Å². The summed E-state index contributed by atoms with van der Waals surface area (Å²) < 4.78 is 26.9. The molecule has 26 heavy (non-hydrogen) atoms. The smallest absolute Gasteiger partial charge is 0.262 e. The maximum absolute atomic E-state index is 13.5. The van der Waals surface area contributed by atoms with Gasteiger partial charge in [0.25, 0.3) is 5.92 Å². The fourth-order valence-corrected chi connectivity index (χ4v) is 3.86. The number of rotatable bonds is 2. The second-order valence-electron chi connectivity index (χ2n) is 6.87. The van der Waals surface area contributed by atoms with Crippen LogP contribution < -0.4 is 5.32 Å². The second-order valence-corrected chi connectivity index (χ2v) is 6.87. The number of alkyl halides is 2. The zero-order valence-electron chi connectivity index (χ0n) is 14.2. The monoisotopic (exact) mass is 378 g/mol. The SMILES string of the molecule is Cl.O=C(C1CC(F)(F)CN1)N1Cc2ccccc2C(c2ccccc2)C1. The molecule has 1 N–H and O–H groups in total. The Morgan fingerprint density at radius 2 is 1.77 bits per heavy atom. The number of hydrogen-bond acceptors (Lipinski definition) is 2. The molecule has 2 heterocycles. The number of fused-ring (bicyclic) bond motifs is 1. The maximum Gasteiger partial charge on any atom is 0.262 e. The van der Waals surface area contributed by atoms with Gasteiger partial charge in [0.15, 0.2) is 0 Å². The van der Waals surface area contributed by atoms with E-state index < -0.39 is 24.9 Å². The predicted octanol–water partition coefficient (Wildman–Crippen LogP) is 3.58. The molecule has 2 aromatic rings. The fraction of sp³-hybridized carbons (Fsp3) is 0.350. The highest BCUT2D eigenvalue weighted by Gasteiger charge is 2.44. The van der Waals surface area contributed by atoms with Crippen LogP contribution in [0.15, 0.2) is 54.6 Å². The molecule has 4 rings (SSSR count). The molecule has 0 saturated carbocycles. The van der Waals surface area contributed by atoms with Gasteiger partial charge in [-0.25, -0.2) is 8.78 Å². The number of nitrogens with one attached hydrogen (secondary N) is 1. The van der Waals surface area contributed by atoms with Crippen LogP contribution >= 0.6 is 12.4 Å². The summed E-state index contributed by atoms with van der Waals surface area (Å²) in [5.41, 5.74) is 3.43. The van der Waals surface area contributed by atoms with Crippen LogP contribution in [-0.2, 0) is 11.3 Å². The first-order chi connectivity index (χ1) is 12.0. The van der Waals surface area contributed by atoms with Crippen LogP contribution in [-0.4, -0.2) is 35.9 Å². The molecule has 2 atom stereocenters. The van der Waals surface area contributed by atoms with Crippen LogP contribution in [0, 0.1) is 0 Å². The van der Waals surface area contributed by atoms with Crippen molar-refractivity contribution in [3.8, 4) is 0 Å². The van der Waals surface area contributed by atoms with Gasteiger partial charge in [-0.2, -0.15) is 0 Å². The predicted molar refractivity (Wildman–Crippen MR) is 98.7 cm³/mol. The van der Waals surface area contributed by atoms with E-state index in [9.17, 15) is 13.6 Å². The third-order valence-electron chi connectivity index (χ3n) is 5.12. The zero-order chi connectivity index (χ0) is 17.4. The van der Waals surface area contributed by atoms with Gasteiger partial charge in [-0.1, -0.05) is 54.6 Å². The van der Waals surface area contributed by atoms with Crippen molar-refractivity contribution in [3.63, 3.8) is 0 Å². The molecule has 2 aromatic carbocycles. The Hall–Kier alpha value is -1.98. The van der Waals surface area contributed by atoms with Crippen molar-refractivity contribution in [2.75, 3.05) is 13.1 Å². The molecule has 2 aliphatic heterocycles. The van der Waals surface area contributed by atoms with E-state index >= 15 is 0 Å². The molecule has 1 saturated heterocycles. The molecule has 1 fully saturated rings. The summed E-state index contributed by atoms with van der Waals surface area (Å²) in [6, 6.07) is 17.3. The van der Waals surface area contributed by atoms with Crippen molar-refractivity contribution < 1.29 is 13.6 Å². The van der Waals surface area contributed by atoms with Crippen LogP contribution in [0.5, 0.6) is 0 Å². The van der Waals surface area contributed by atoms with Gasteiger partial charge in [-0.3, -0.25) is 10.1 Å². The zero-order valence-corrected chi connectivity index (χ0v) is 15.0. The highest BCUT2D eigenvalue weighted by molar-refractivity contribution is 5.85. The molecular formula is C20H21ClF2N2O. The lowest BCUT2D eigenvalue weighted by Crippen LogP contribution is -2.46. The summed E-state index contributed by atoms with van der Waals surface area (Å²) in [7, 11) is 0. The fourth-order valence-electron chi connectivity index (χ4n) is 3.86. The number of nitrogens with zero attached hydrogens (tertiary/aromatic N) is 1. The quantitative estimate of drug-likeness (QED) is 0.866. The van der Waals surface area contributed by atoms with Crippen molar-refractivity contribution in [1.82, 2.24) is 10.2 Å². The first-order valence-corrected chi connectivity index (χ1v) is 8.56. The van der Waals surface area contributed by atoms with Gasteiger partial charge in [0.1, 0.15) is 0 Å². The average Bonchev–Trinajstić information content (AvgIpc) is 3.00. The van der Waals surface area contributed by atoms with Gasteiger partial charge < -0.3 is 4.90 Å². The van der Waals surface area contributed by atoms with E-state index in [-0.39, 0.29) is 24.2 Å². The van der Waals surface area contributed by atoms with E-state index in [0.29, 0.717) is 13.1 Å². The topological polar surface area (TPSA) is 32.3 Å². The Morgan fingerprint density at radius 3 is 2.46 bits per heavy atom. The van der Waals surface area contributed by atoms with Gasteiger partial charge in [0.05, 0.1) is 12.6 Å². The van der Waals surface area contributed by atoms with Gasteiger partial charge >= 0.3 is 0 Å². The third kappa shape index (κ3) is 3.60. The molecule has 0 spiro atoms. The molecule has 0 radical (unpaired) electrons. The van der Waals surface area contributed by atoms with E-state index in [1.165, 1.54) is 5.56 Å². The van der Waals surface area contributed by atoms with E-state index in [0.717, 1.165) is 11.1 Å². The van der Waals surface area contributed by atoms with Gasteiger partial charge in [0.2, 0.25) is 5.91 Å². The Labute approximate surface area is 157 Å². The molecular weight excluding hydrogens is 358 g/mol. The van der Waals surface area contributed by atoms with Crippen molar-refractivity contribution in [2.45, 2.75) is 30.8 Å². The van der Waals surface area contributed by atoms with Crippen LogP contribution in [0.2, 0.25) is 0 Å². The molecule has 0 bridgehead atoms. The summed E-state index contributed by atoms with van der Waals surface area (Å²) in [4.78, 5) is 14.5. The summed E-state index contributed by atoms with van der Waals surface area (Å²) in [6.45, 7) is 0.571. The van der Waals surface area contributed by atoms with Gasteiger partial charge in [-0.15, -0.1) is 12.4 Å². The first kappa shape index (κ1) is 18.8. The number of halogens is 3. The number of carbonyl (C=O) groups excluding carboxylic acids is 1. The minimum atomic E-state index is -2.80. The second kappa shape index (κ2) is 7.33. The first-order valence-electron chi connectivity index (χ1n) is 8.56. The molecule has 138 valence electrons. The summed E-state index contributed by atoms with van der Waals surface area (Å²) >= 11 is 0. The standard InChI is InChI=1S/C20H20F2N2O.ClH/c21-20(22)10-18(23-13-20)19(25)24-11-15-8-4-5-9-16(15)17(12-24)14-6-2-1-3-7-14;/h1-9,17-18,23H,10-13H2;1H. The Bertz CT molecular complexity index is 784. The van der Waals surface area contributed by atoms with Crippen molar-refractivity contribution in [1.29, 1.82) is 0 Å². The van der Waals surface area contributed by atoms with Gasteiger partial charge in [-0.05, 0) is 16.7 Å². The van der Waals surface area contributed by atoms with Crippen LogP contribution in [0.25, 0.3) is 0 Å². The molecule has 6 heteroatoms. The van der Waals surface area contributed by atoms with Gasteiger partial charge in [0, 0.05) is 25.4 Å². The van der Waals surface area contributed by atoms with E-state index in [1.54, 1.807) is 4.90 Å². The molecule has 0 aromatic heterocycles. The average molecular weight is 379 g/mol. The molecule has 2 aliphatic rings. The highest BCUT2D eigenvalue weighted by Crippen LogP contribution is 2.34. The van der Waals surface area contributed by atoms with Crippen LogP contribution in [0.3, 0.4) is 0 Å². The lowest BCUT2D eigenvalue weighted by molar-refractivity contribution is -0.134. The third-order valence-corrected chi connectivity index (χ3v) is 5.12. The lowest BCUT2D eigenvalue weighted by Gasteiger charge is -2.36. The molecule has 0 aliphatic carbocycles. The van der Waals surface area contributed by atoms with E-state index in [2.05, 4.69) is 23.5 Å². The van der Waals surface area contributed by atoms with E-state index in [1.807, 2.05) is 36.4 Å². The van der Waals surface area contributed by atoms with Crippen LogP contribution in [0.4, 0.5) is 8.78 Å². The van der Waals surface area contributed by atoms with E-state index in [4.69, 9.17) is 0 Å². The molecule has 1 amide bonds. The van der Waals surface area contributed by atoms with Crippen molar-refractivity contribution >= 4 is 18.3 Å². The number of hydrogen-bond donors (Lipinski definition) is 1. The number of benzene rings is 2. The Morgan fingerprint density at radius 1 is 1.08 bits per heavy atom. The number of amides is 1. The summed E-state index contributed by atoms with van der Waals surface area (Å²) in [6.07, 6.45) is -0.417. The largest absolute Gasteiger partial charge is 0.336 e. The van der Waals surface area contributed by atoms with Crippen molar-refractivity contribution in [2.24, 2.45) is 0 Å².